The number of hydrogen-bond donors (Lipinski definition) is 1. The van der Waals surface area contributed by atoms with Gasteiger partial charge in [0.25, 0.3) is 0 Å². The van der Waals surface area contributed by atoms with Crippen molar-refractivity contribution in [3.05, 3.63) is 35.7 Å². The van der Waals surface area contributed by atoms with Gasteiger partial charge in [0.15, 0.2) is 11.5 Å². The molecule has 0 spiro atoms. The topological polar surface area (TPSA) is 87.6 Å². The zero-order chi connectivity index (χ0) is 12.1. The molecule has 0 radical (unpaired) electrons. The molecule has 0 aromatic carbocycles. The van der Waals surface area contributed by atoms with Gasteiger partial charge in [-0.3, -0.25) is 0 Å². The number of aryl methyl sites for hydroxylation is 1. The van der Waals surface area contributed by atoms with Crippen LogP contribution in [0.4, 0.5) is 5.69 Å². The van der Waals surface area contributed by atoms with Gasteiger partial charge >= 0.3 is 0 Å². The van der Waals surface area contributed by atoms with E-state index in [1.807, 2.05) is 12.1 Å². The molecule has 86 valence electrons. The van der Waals surface area contributed by atoms with Gasteiger partial charge in [-0.15, -0.1) is 0 Å². The highest BCUT2D eigenvalue weighted by Gasteiger charge is 2.04. The van der Waals surface area contributed by atoms with E-state index < -0.39 is 0 Å². The molecular weight excluding hydrogens is 218 g/mol. The zero-order valence-corrected chi connectivity index (χ0v) is 9.34. The molecule has 0 amide bonds. The maximum Gasteiger partial charge on any atom is 0.223 e. The Balaban J connectivity index is 1.92. The van der Waals surface area contributed by atoms with E-state index in [0.717, 1.165) is 5.69 Å². The molecule has 0 fully saturated rings. The van der Waals surface area contributed by atoms with E-state index in [4.69, 9.17) is 9.78 Å². The van der Waals surface area contributed by atoms with Gasteiger partial charge in [-0.25, -0.2) is 4.98 Å². The Bertz CT molecular complexity index is 543. The third-order valence-corrected chi connectivity index (χ3v) is 2.15. The lowest BCUT2D eigenvalue weighted by molar-refractivity contribution is 0.387. The van der Waals surface area contributed by atoms with Gasteiger partial charge in [0.05, 0.1) is 5.69 Å². The van der Waals surface area contributed by atoms with E-state index in [1.165, 1.54) is 0 Å². The van der Waals surface area contributed by atoms with Gasteiger partial charge in [0.1, 0.15) is 6.07 Å². The Labute approximate surface area is 98.3 Å². The normalized spacial score (nSPS) is 9.88. The van der Waals surface area contributed by atoms with Crippen LogP contribution in [0.25, 0.3) is 0 Å². The summed E-state index contributed by atoms with van der Waals surface area (Å²) in [5, 5.41) is 15.7. The molecule has 2 aromatic rings. The lowest BCUT2D eigenvalue weighted by Gasteiger charge is -2.04. The number of pyridine rings is 1. The summed E-state index contributed by atoms with van der Waals surface area (Å²) in [4.78, 5) is 8.04. The van der Waals surface area contributed by atoms with Crippen molar-refractivity contribution in [3.8, 4) is 6.07 Å². The molecule has 0 aliphatic heterocycles. The molecule has 2 rings (SSSR count). The second kappa shape index (κ2) is 5.07. The van der Waals surface area contributed by atoms with Crippen LogP contribution in [0.5, 0.6) is 0 Å². The van der Waals surface area contributed by atoms with Crippen molar-refractivity contribution in [2.75, 3.05) is 11.9 Å². The monoisotopic (exact) mass is 229 g/mol. The first kappa shape index (κ1) is 11.1. The van der Waals surface area contributed by atoms with Crippen LogP contribution in [0.15, 0.2) is 22.9 Å². The molecule has 0 bridgehead atoms. The van der Waals surface area contributed by atoms with Crippen molar-refractivity contribution in [3.63, 3.8) is 0 Å². The van der Waals surface area contributed by atoms with Crippen LogP contribution >= 0.6 is 0 Å². The smallest absolute Gasteiger partial charge is 0.223 e. The molecule has 6 nitrogen and oxygen atoms in total. The van der Waals surface area contributed by atoms with Crippen molar-refractivity contribution >= 4 is 5.69 Å². The Morgan fingerprint density at radius 1 is 1.53 bits per heavy atom. The summed E-state index contributed by atoms with van der Waals surface area (Å²) in [7, 11) is 0. The fourth-order valence-electron chi connectivity index (χ4n) is 1.39. The number of rotatable bonds is 4. The Morgan fingerprint density at radius 3 is 3.12 bits per heavy atom. The van der Waals surface area contributed by atoms with Crippen LogP contribution in [0.2, 0.25) is 0 Å². The van der Waals surface area contributed by atoms with Crippen molar-refractivity contribution < 1.29 is 4.52 Å². The molecule has 0 atom stereocenters. The van der Waals surface area contributed by atoms with Crippen molar-refractivity contribution in [2.24, 2.45) is 0 Å². The first-order valence-corrected chi connectivity index (χ1v) is 5.18. The summed E-state index contributed by atoms with van der Waals surface area (Å²) in [6, 6.07) is 5.62. The van der Waals surface area contributed by atoms with Gasteiger partial charge in [-0.1, -0.05) is 5.16 Å². The number of nitrogens with one attached hydrogen (secondary N) is 1. The molecule has 2 heterocycles. The standard InChI is InChI=1S/C11H11N5O/c1-8-15-11(16-17-8)4-6-14-9-3-2-5-13-10(9)7-12/h2-3,5,14H,4,6H2,1H3. The molecular formula is C11H11N5O. The first-order valence-electron chi connectivity index (χ1n) is 5.18. The highest BCUT2D eigenvalue weighted by atomic mass is 16.5. The molecule has 1 N–H and O–H groups in total. The van der Waals surface area contributed by atoms with Crippen molar-refractivity contribution in [2.45, 2.75) is 13.3 Å². The first-order chi connectivity index (χ1) is 8.29. The Morgan fingerprint density at radius 2 is 2.41 bits per heavy atom. The highest BCUT2D eigenvalue weighted by molar-refractivity contribution is 5.53. The summed E-state index contributed by atoms with van der Waals surface area (Å²) in [5.41, 5.74) is 1.10. The highest BCUT2D eigenvalue weighted by Crippen LogP contribution is 2.10. The van der Waals surface area contributed by atoms with E-state index in [0.29, 0.717) is 30.4 Å². The fourth-order valence-corrected chi connectivity index (χ4v) is 1.39. The molecule has 0 unspecified atom stereocenters. The summed E-state index contributed by atoms with van der Waals surface area (Å²) in [5.74, 6) is 1.21. The molecule has 17 heavy (non-hydrogen) atoms. The maximum absolute atomic E-state index is 8.85. The van der Waals surface area contributed by atoms with Crippen molar-refractivity contribution in [1.82, 2.24) is 15.1 Å². The lowest BCUT2D eigenvalue weighted by atomic mass is 10.3. The fraction of sp³-hybridized carbons (Fsp3) is 0.273. The molecule has 0 saturated heterocycles. The average molecular weight is 229 g/mol. The van der Waals surface area contributed by atoms with Crippen LogP contribution in [-0.4, -0.2) is 21.7 Å². The summed E-state index contributed by atoms with van der Waals surface area (Å²) in [6.45, 7) is 2.37. The van der Waals surface area contributed by atoms with E-state index in [-0.39, 0.29) is 0 Å². The van der Waals surface area contributed by atoms with Crippen LogP contribution in [0.3, 0.4) is 0 Å². The minimum atomic E-state index is 0.386. The third kappa shape index (κ3) is 2.78. The van der Waals surface area contributed by atoms with E-state index >= 15 is 0 Å². The van der Waals surface area contributed by atoms with Gasteiger partial charge in [-0.05, 0) is 12.1 Å². The van der Waals surface area contributed by atoms with Crippen LogP contribution < -0.4 is 5.32 Å². The maximum atomic E-state index is 8.85. The number of hydrogen-bond acceptors (Lipinski definition) is 6. The number of nitriles is 1. The molecule has 6 heteroatoms. The van der Waals surface area contributed by atoms with E-state index in [9.17, 15) is 0 Å². The summed E-state index contributed by atoms with van der Waals surface area (Å²) in [6.07, 6.45) is 2.23. The molecule has 0 saturated carbocycles. The minimum Gasteiger partial charge on any atom is -0.382 e. The summed E-state index contributed by atoms with van der Waals surface area (Å²) >= 11 is 0. The van der Waals surface area contributed by atoms with Gasteiger partial charge in [0, 0.05) is 26.1 Å². The third-order valence-electron chi connectivity index (χ3n) is 2.15. The van der Waals surface area contributed by atoms with Crippen molar-refractivity contribution in [1.29, 1.82) is 5.26 Å². The molecule has 2 aromatic heterocycles. The summed E-state index contributed by atoms with van der Waals surface area (Å²) < 4.78 is 4.86. The second-order valence-electron chi connectivity index (χ2n) is 3.42. The number of anilines is 1. The Hall–Kier alpha value is -2.42. The second-order valence-corrected chi connectivity index (χ2v) is 3.42. The predicted molar refractivity (Wildman–Crippen MR) is 60.2 cm³/mol. The van der Waals surface area contributed by atoms with Gasteiger partial charge in [-0.2, -0.15) is 10.2 Å². The average Bonchev–Trinajstić information content (AvgIpc) is 2.76. The Kier molecular flexibility index (Phi) is 3.31. The SMILES string of the molecule is Cc1nc(CCNc2cccnc2C#N)no1. The lowest BCUT2D eigenvalue weighted by Crippen LogP contribution is -2.07. The molecule has 0 aliphatic carbocycles. The van der Waals surface area contributed by atoms with Crippen LogP contribution in [0.1, 0.15) is 17.4 Å². The largest absolute Gasteiger partial charge is 0.382 e. The predicted octanol–water partition coefficient (Wildman–Crippen LogP) is 1.30. The van der Waals surface area contributed by atoms with Crippen LogP contribution in [-0.2, 0) is 6.42 Å². The quantitative estimate of drug-likeness (QED) is 0.850. The number of aromatic nitrogens is 3. The van der Waals surface area contributed by atoms with Crippen LogP contribution in [0, 0.1) is 18.3 Å². The molecule has 0 aliphatic rings. The minimum absolute atomic E-state index is 0.386. The zero-order valence-electron chi connectivity index (χ0n) is 9.34. The van der Waals surface area contributed by atoms with Gasteiger partial charge < -0.3 is 9.84 Å². The van der Waals surface area contributed by atoms with E-state index in [1.54, 1.807) is 19.2 Å². The van der Waals surface area contributed by atoms with Gasteiger partial charge in [0.2, 0.25) is 5.89 Å². The van der Waals surface area contributed by atoms with E-state index in [2.05, 4.69) is 20.4 Å². The number of nitrogens with zero attached hydrogens (tertiary/aromatic N) is 4.